The number of aryl methyl sites for hydroxylation is 1. The van der Waals surface area contributed by atoms with Crippen LogP contribution < -0.4 is 0 Å². The normalized spacial score (nSPS) is 12.4. The van der Waals surface area contributed by atoms with Crippen molar-refractivity contribution in [1.82, 2.24) is 4.98 Å². The molecular formula is C13H13NOS2. The summed E-state index contributed by atoms with van der Waals surface area (Å²) < 4.78 is 0.958. The maximum atomic E-state index is 12.1. The van der Waals surface area contributed by atoms with Gasteiger partial charge in [-0.1, -0.05) is 42.1 Å². The molecule has 1 aromatic carbocycles. The maximum Gasteiger partial charge on any atom is 0.175 e. The smallest absolute Gasteiger partial charge is 0.175 e. The second-order valence-corrected chi connectivity index (χ2v) is 6.19. The Labute approximate surface area is 109 Å². The van der Waals surface area contributed by atoms with E-state index in [1.807, 2.05) is 49.6 Å². The van der Waals surface area contributed by atoms with Crippen molar-refractivity contribution in [3.05, 3.63) is 47.0 Å². The molecule has 0 amide bonds. The SMILES string of the molecule is Cc1csc(SC(C)C(=O)c2ccccc2)n1. The van der Waals surface area contributed by atoms with E-state index in [-0.39, 0.29) is 11.0 Å². The second-order valence-electron chi connectivity index (χ2n) is 3.75. The molecule has 17 heavy (non-hydrogen) atoms. The highest BCUT2D eigenvalue weighted by Crippen LogP contribution is 2.28. The third kappa shape index (κ3) is 3.17. The van der Waals surface area contributed by atoms with Crippen molar-refractivity contribution in [3.8, 4) is 0 Å². The topological polar surface area (TPSA) is 30.0 Å². The molecule has 88 valence electrons. The highest BCUT2D eigenvalue weighted by Gasteiger charge is 2.17. The van der Waals surface area contributed by atoms with E-state index >= 15 is 0 Å². The molecule has 0 aliphatic rings. The van der Waals surface area contributed by atoms with E-state index in [4.69, 9.17) is 0 Å². The van der Waals surface area contributed by atoms with Crippen LogP contribution in [0.1, 0.15) is 23.0 Å². The first-order valence-electron chi connectivity index (χ1n) is 5.35. The first-order chi connectivity index (χ1) is 8.16. The number of thiazole rings is 1. The van der Waals surface area contributed by atoms with Gasteiger partial charge >= 0.3 is 0 Å². The van der Waals surface area contributed by atoms with E-state index in [9.17, 15) is 4.79 Å². The number of aromatic nitrogens is 1. The summed E-state index contributed by atoms with van der Waals surface area (Å²) in [6, 6.07) is 9.40. The molecule has 0 saturated carbocycles. The zero-order valence-electron chi connectivity index (χ0n) is 9.71. The fourth-order valence-corrected chi connectivity index (χ4v) is 3.49. The van der Waals surface area contributed by atoms with Crippen LogP contribution in [0, 0.1) is 6.92 Å². The van der Waals surface area contributed by atoms with Gasteiger partial charge in [0.1, 0.15) is 0 Å². The minimum absolute atomic E-state index is 0.0945. The molecule has 0 radical (unpaired) electrons. The average molecular weight is 263 g/mol. The fraction of sp³-hybridized carbons (Fsp3) is 0.231. The number of carbonyl (C=O) groups excluding carboxylic acids is 1. The van der Waals surface area contributed by atoms with E-state index in [1.54, 1.807) is 11.3 Å². The van der Waals surface area contributed by atoms with Gasteiger partial charge in [0.05, 0.1) is 5.25 Å². The van der Waals surface area contributed by atoms with Gasteiger partial charge in [0.2, 0.25) is 0 Å². The van der Waals surface area contributed by atoms with Gasteiger partial charge in [-0.25, -0.2) is 4.98 Å². The summed E-state index contributed by atoms with van der Waals surface area (Å²) in [6.45, 7) is 3.89. The Kier molecular flexibility index (Phi) is 3.97. The molecule has 0 spiro atoms. The van der Waals surface area contributed by atoms with Crippen LogP contribution in [-0.4, -0.2) is 16.0 Å². The molecule has 2 rings (SSSR count). The van der Waals surface area contributed by atoms with Crippen LogP contribution in [0.25, 0.3) is 0 Å². The van der Waals surface area contributed by atoms with E-state index in [2.05, 4.69) is 4.98 Å². The molecule has 4 heteroatoms. The van der Waals surface area contributed by atoms with Crippen molar-refractivity contribution < 1.29 is 4.79 Å². The Balaban J connectivity index is 2.06. The Bertz CT molecular complexity index is 507. The van der Waals surface area contributed by atoms with Crippen molar-refractivity contribution in [2.75, 3.05) is 0 Å². The third-order valence-corrected chi connectivity index (χ3v) is 4.49. The Morgan fingerprint density at radius 2 is 2.06 bits per heavy atom. The monoisotopic (exact) mass is 263 g/mol. The number of hydrogen-bond donors (Lipinski definition) is 0. The summed E-state index contributed by atoms with van der Waals surface area (Å²) in [5.41, 5.74) is 1.78. The predicted octanol–water partition coefficient (Wildman–Crippen LogP) is 3.82. The molecule has 0 aliphatic heterocycles. The van der Waals surface area contributed by atoms with E-state index in [1.165, 1.54) is 11.8 Å². The van der Waals surface area contributed by atoms with Crippen molar-refractivity contribution in [2.45, 2.75) is 23.4 Å². The molecule has 0 N–H and O–H groups in total. The van der Waals surface area contributed by atoms with Gasteiger partial charge in [-0.15, -0.1) is 11.3 Å². The lowest BCUT2D eigenvalue weighted by molar-refractivity contribution is 0.0994. The van der Waals surface area contributed by atoms with E-state index < -0.39 is 0 Å². The van der Waals surface area contributed by atoms with Crippen LogP contribution in [0.5, 0.6) is 0 Å². The zero-order valence-corrected chi connectivity index (χ0v) is 11.3. The zero-order chi connectivity index (χ0) is 12.3. The van der Waals surface area contributed by atoms with E-state index in [0.717, 1.165) is 15.6 Å². The van der Waals surface area contributed by atoms with Gasteiger partial charge in [0.25, 0.3) is 0 Å². The summed E-state index contributed by atoms with van der Waals surface area (Å²) in [6.07, 6.45) is 0. The van der Waals surface area contributed by atoms with Gasteiger partial charge in [-0.05, 0) is 13.8 Å². The maximum absolute atomic E-state index is 12.1. The number of rotatable bonds is 4. The van der Waals surface area contributed by atoms with Gasteiger partial charge in [0, 0.05) is 16.6 Å². The van der Waals surface area contributed by atoms with Crippen molar-refractivity contribution in [3.63, 3.8) is 0 Å². The summed E-state index contributed by atoms with van der Waals surface area (Å²) in [5.74, 6) is 0.156. The van der Waals surface area contributed by atoms with Gasteiger partial charge < -0.3 is 0 Å². The minimum Gasteiger partial charge on any atom is -0.293 e. The number of nitrogens with zero attached hydrogens (tertiary/aromatic N) is 1. The molecule has 1 unspecified atom stereocenters. The Morgan fingerprint density at radius 1 is 1.35 bits per heavy atom. The standard InChI is InChI=1S/C13H13NOS2/c1-9-8-16-13(14-9)17-10(2)12(15)11-6-4-3-5-7-11/h3-8,10H,1-2H3. The first-order valence-corrected chi connectivity index (χ1v) is 7.11. The summed E-state index contributed by atoms with van der Waals surface area (Å²) in [7, 11) is 0. The van der Waals surface area contributed by atoms with Crippen LogP contribution in [0.15, 0.2) is 40.1 Å². The molecule has 0 fully saturated rings. The summed E-state index contributed by atoms with van der Waals surface area (Å²) in [5, 5.41) is 1.91. The van der Waals surface area contributed by atoms with Crippen LogP contribution in [0.4, 0.5) is 0 Å². The number of benzene rings is 1. The predicted molar refractivity (Wildman–Crippen MR) is 72.9 cm³/mol. The summed E-state index contributed by atoms with van der Waals surface area (Å²) >= 11 is 3.12. The van der Waals surface area contributed by atoms with Crippen molar-refractivity contribution in [1.29, 1.82) is 0 Å². The van der Waals surface area contributed by atoms with Crippen molar-refractivity contribution >= 4 is 28.9 Å². The number of Topliss-reactive ketones (excluding diaryl/α,β-unsaturated/α-hetero) is 1. The molecule has 1 aromatic heterocycles. The lowest BCUT2D eigenvalue weighted by atomic mass is 10.1. The molecule has 1 heterocycles. The number of hydrogen-bond acceptors (Lipinski definition) is 4. The number of ketones is 1. The fourth-order valence-electron chi connectivity index (χ4n) is 1.43. The van der Waals surface area contributed by atoms with Crippen LogP contribution in [0.2, 0.25) is 0 Å². The highest BCUT2D eigenvalue weighted by molar-refractivity contribution is 8.02. The molecule has 1 atom stereocenters. The van der Waals surface area contributed by atoms with E-state index in [0.29, 0.717) is 0 Å². The average Bonchev–Trinajstić information content (AvgIpc) is 2.75. The lowest BCUT2D eigenvalue weighted by Crippen LogP contribution is -2.13. The molecular weight excluding hydrogens is 250 g/mol. The summed E-state index contributed by atoms with van der Waals surface area (Å²) in [4.78, 5) is 16.5. The second kappa shape index (κ2) is 5.47. The van der Waals surface area contributed by atoms with Crippen LogP contribution in [-0.2, 0) is 0 Å². The lowest BCUT2D eigenvalue weighted by Gasteiger charge is -2.07. The quantitative estimate of drug-likeness (QED) is 0.620. The Morgan fingerprint density at radius 3 is 2.65 bits per heavy atom. The molecule has 0 bridgehead atoms. The van der Waals surface area contributed by atoms with Crippen molar-refractivity contribution in [2.24, 2.45) is 0 Å². The van der Waals surface area contributed by atoms with Gasteiger partial charge in [0.15, 0.2) is 10.1 Å². The van der Waals surface area contributed by atoms with Gasteiger partial charge in [-0.3, -0.25) is 4.79 Å². The van der Waals surface area contributed by atoms with Crippen LogP contribution >= 0.6 is 23.1 Å². The third-order valence-electron chi connectivity index (χ3n) is 2.30. The molecule has 2 aromatic rings. The molecule has 2 nitrogen and oxygen atoms in total. The molecule has 0 saturated heterocycles. The molecule has 0 aliphatic carbocycles. The number of thioether (sulfide) groups is 1. The number of carbonyl (C=O) groups is 1. The van der Waals surface area contributed by atoms with Crippen LogP contribution in [0.3, 0.4) is 0 Å². The highest BCUT2D eigenvalue weighted by atomic mass is 32.2. The van der Waals surface area contributed by atoms with Gasteiger partial charge in [-0.2, -0.15) is 0 Å². The Hall–Kier alpha value is -1.13. The minimum atomic E-state index is -0.0945. The first kappa shape index (κ1) is 12.3. The largest absolute Gasteiger partial charge is 0.293 e.